The zero-order valence-electron chi connectivity index (χ0n) is 18.3. The summed E-state index contributed by atoms with van der Waals surface area (Å²) in [5.74, 6) is 3.22. The second-order valence-corrected chi connectivity index (χ2v) is 7.96. The van der Waals surface area contributed by atoms with Gasteiger partial charge in [-0.15, -0.1) is 24.0 Å². The molecule has 31 heavy (non-hydrogen) atoms. The Bertz CT molecular complexity index is 876. The van der Waals surface area contributed by atoms with Gasteiger partial charge in [0.1, 0.15) is 11.5 Å². The summed E-state index contributed by atoms with van der Waals surface area (Å²) in [5.41, 5.74) is 2.50. The molecule has 7 heteroatoms. The fourth-order valence-electron chi connectivity index (χ4n) is 4.37. The molecular weight excluding hydrogens is 503 g/mol. The molecule has 2 unspecified atom stereocenters. The number of rotatable bonds is 5. The zero-order chi connectivity index (χ0) is 20.8. The van der Waals surface area contributed by atoms with E-state index in [4.69, 9.17) is 9.47 Å². The molecule has 0 saturated carbocycles. The number of fused-ring (bicyclic) bond motifs is 1. The lowest BCUT2D eigenvalue weighted by atomic mass is 9.93. The molecule has 2 aromatic carbocycles. The van der Waals surface area contributed by atoms with E-state index in [0.29, 0.717) is 12.0 Å². The summed E-state index contributed by atoms with van der Waals surface area (Å²) in [5, 5.41) is 7.18. The molecule has 0 spiro atoms. The predicted molar refractivity (Wildman–Crippen MR) is 137 cm³/mol. The maximum absolute atomic E-state index is 5.79. The second kappa shape index (κ2) is 11.5. The number of ether oxygens (including phenoxy) is 2. The predicted octanol–water partition coefficient (Wildman–Crippen LogP) is 4.01. The Morgan fingerprint density at radius 3 is 2.90 bits per heavy atom. The average Bonchev–Trinajstić information content (AvgIpc) is 2.82. The first-order valence-corrected chi connectivity index (χ1v) is 10.8. The standard InChI is InChI=1S/C24H32N4O2.HI/c1-25-24(26-16-18-12-14-30-23-11-4-3-10-22(18)23)27-19-7-6-13-28(17-19)20-8-5-9-21(15-20)29-2;/h3-5,8-11,15,18-19H,6-7,12-14,16-17H2,1-2H3,(H2,25,26,27);1H. The van der Waals surface area contributed by atoms with Gasteiger partial charge in [-0.3, -0.25) is 4.99 Å². The third kappa shape index (κ3) is 5.96. The van der Waals surface area contributed by atoms with Crippen molar-refractivity contribution in [2.24, 2.45) is 4.99 Å². The molecule has 4 rings (SSSR count). The maximum Gasteiger partial charge on any atom is 0.191 e. The first-order valence-electron chi connectivity index (χ1n) is 10.8. The molecule has 0 aromatic heterocycles. The Hall–Kier alpha value is -2.16. The number of halogens is 1. The van der Waals surface area contributed by atoms with E-state index in [1.807, 2.05) is 19.2 Å². The number of nitrogens with one attached hydrogen (secondary N) is 2. The quantitative estimate of drug-likeness (QED) is 0.344. The molecule has 2 N–H and O–H groups in total. The third-order valence-corrected chi connectivity index (χ3v) is 6.00. The number of nitrogens with zero attached hydrogens (tertiary/aromatic N) is 2. The largest absolute Gasteiger partial charge is 0.497 e. The van der Waals surface area contributed by atoms with Crippen LogP contribution in [-0.2, 0) is 0 Å². The number of hydrogen-bond acceptors (Lipinski definition) is 4. The van der Waals surface area contributed by atoms with E-state index in [2.05, 4.69) is 56.9 Å². The Kier molecular flexibility index (Phi) is 8.69. The molecule has 6 nitrogen and oxygen atoms in total. The van der Waals surface area contributed by atoms with E-state index in [1.165, 1.54) is 11.3 Å². The van der Waals surface area contributed by atoms with E-state index in [0.717, 1.165) is 63.0 Å². The zero-order valence-corrected chi connectivity index (χ0v) is 20.7. The fraction of sp³-hybridized carbons (Fsp3) is 0.458. The summed E-state index contributed by atoms with van der Waals surface area (Å²) >= 11 is 0. The van der Waals surface area contributed by atoms with Crippen molar-refractivity contribution in [3.63, 3.8) is 0 Å². The van der Waals surface area contributed by atoms with E-state index >= 15 is 0 Å². The van der Waals surface area contributed by atoms with Crippen molar-refractivity contribution in [2.75, 3.05) is 45.3 Å². The van der Waals surface area contributed by atoms with Gasteiger partial charge < -0.3 is 25.0 Å². The highest BCUT2D eigenvalue weighted by molar-refractivity contribution is 14.0. The van der Waals surface area contributed by atoms with Crippen LogP contribution in [0.2, 0.25) is 0 Å². The Morgan fingerprint density at radius 2 is 2.06 bits per heavy atom. The third-order valence-electron chi connectivity index (χ3n) is 6.00. The number of methoxy groups -OCH3 is 1. The van der Waals surface area contributed by atoms with Gasteiger partial charge in [0.15, 0.2) is 5.96 Å². The second-order valence-electron chi connectivity index (χ2n) is 7.96. The minimum atomic E-state index is 0. The van der Waals surface area contributed by atoms with Crippen LogP contribution >= 0.6 is 24.0 Å². The van der Waals surface area contributed by atoms with Crippen molar-refractivity contribution < 1.29 is 9.47 Å². The lowest BCUT2D eigenvalue weighted by Crippen LogP contribution is -2.51. The Morgan fingerprint density at radius 1 is 1.19 bits per heavy atom. The number of piperidine rings is 1. The lowest BCUT2D eigenvalue weighted by molar-refractivity contribution is 0.267. The van der Waals surface area contributed by atoms with E-state index in [1.54, 1.807) is 7.11 Å². The Labute approximate surface area is 202 Å². The summed E-state index contributed by atoms with van der Waals surface area (Å²) in [6.45, 7) is 3.64. The van der Waals surface area contributed by atoms with Gasteiger partial charge in [-0.1, -0.05) is 24.3 Å². The number of guanidine groups is 1. The van der Waals surface area contributed by atoms with E-state index in [9.17, 15) is 0 Å². The van der Waals surface area contributed by atoms with E-state index < -0.39 is 0 Å². The first-order chi connectivity index (χ1) is 14.8. The summed E-state index contributed by atoms with van der Waals surface area (Å²) in [7, 11) is 3.56. The monoisotopic (exact) mass is 536 g/mol. The van der Waals surface area contributed by atoms with Gasteiger partial charge in [0, 0.05) is 50.4 Å². The topological polar surface area (TPSA) is 58.1 Å². The van der Waals surface area contributed by atoms with Crippen LogP contribution in [0.15, 0.2) is 53.5 Å². The minimum Gasteiger partial charge on any atom is -0.497 e. The van der Waals surface area contributed by atoms with Crippen LogP contribution in [0.5, 0.6) is 11.5 Å². The molecule has 2 atom stereocenters. The molecule has 0 bridgehead atoms. The molecule has 1 fully saturated rings. The molecule has 168 valence electrons. The minimum absolute atomic E-state index is 0. The first kappa shape index (κ1) is 23.5. The van der Waals surface area contributed by atoms with Gasteiger partial charge in [0.25, 0.3) is 0 Å². The SMILES string of the molecule is CN=C(NCC1CCOc2ccccc21)NC1CCCN(c2cccc(OC)c2)C1.I. The number of anilines is 1. The number of para-hydroxylation sites is 1. The molecule has 2 aromatic rings. The van der Waals surface area contributed by atoms with Crippen molar-refractivity contribution in [3.8, 4) is 11.5 Å². The van der Waals surface area contributed by atoms with Crippen LogP contribution in [0.25, 0.3) is 0 Å². The van der Waals surface area contributed by atoms with E-state index in [-0.39, 0.29) is 24.0 Å². The highest BCUT2D eigenvalue weighted by atomic mass is 127. The summed E-state index contributed by atoms with van der Waals surface area (Å²) in [6.07, 6.45) is 3.31. The molecule has 2 aliphatic rings. The van der Waals surface area contributed by atoms with Crippen LogP contribution in [-0.4, -0.2) is 52.4 Å². The molecular formula is C24H33IN4O2. The molecule has 0 radical (unpaired) electrons. The van der Waals surface area contributed by atoms with Crippen LogP contribution in [0.4, 0.5) is 5.69 Å². The van der Waals surface area contributed by atoms with Gasteiger partial charge in [-0.05, 0) is 43.0 Å². The smallest absolute Gasteiger partial charge is 0.191 e. The lowest BCUT2D eigenvalue weighted by Gasteiger charge is -2.35. The van der Waals surface area contributed by atoms with Gasteiger partial charge in [-0.2, -0.15) is 0 Å². The summed E-state index contributed by atoms with van der Waals surface area (Å²) in [6, 6.07) is 17.0. The highest BCUT2D eigenvalue weighted by Crippen LogP contribution is 2.32. The molecule has 0 aliphatic carbocycles. The molecule has 0 amide bonds. The molecule has 1 saturated heterocycles. The van der Waals surface area contributed by atoms with Crippen LogP contribution in [0.3, 0.4) is 0 Å². The van der Waals surface area contributed by atoms with Gasteiger partial charge >= 0.3 is 0 Å². The van der Waals surface area contributed by atoms with Crippen LogP contribution in [0, 0.1) is 0 Å². The Balaban J connectivity index is 0.00000272. The van der Waals surface area contributed by atoms with Crippen LogP contribution in [0.1, 0.15) is 30.7 Å². The number of benzene rings is 2. The fourth-order valence-corrected chi connectivity index (χ4v) is 4.37. The van der Waals surface area contributed by atoms with Crippen molar-refractivity contribution >= 4 is 35.6 Å². The normalized spacial score (nSPS) is 20.7. The molecule has 2 aliphatic heterocycles. The average molecular weight is 536 g/mol. The van der Waals surface area contributed by atoms with Crippen molar-refractivity contribution in [1.29, 1.82) is 0 Å². The van der Waals surface area contributed by atoms with Crippen molar-refractivity contribution in [1.82, 2.24) is 10.6 Å². The molecule has 2 heterocycles. The van der Waals surface area contributed by atoms with Crippen LogP contribution < -0.4 is 25.0 Å². The van der Waals surface area contributed by atoms with Gasteiger partial charge in [0.2, 0.25) is 0 Å². The van der Waals surface area contributed by atoms with Gasteiger partial charge in [0.05, 0.1) is 13.7 Å². The maximum atomic E-state index is 5.79. The van der Waals surface area contributed by atoms with Gasteiger partial charge in [-0.25, -0.2) is 0 Å². The highest BCUT2D eigenvalue weighted by Gasteiger charge is 2.23. The number of hydrogen-bond donors (Lipinski definition) is 2. The van der Waals surface area contributed by atoms with Crippen molar-refractivity contribution in [2.45, 2.75) is 31.2 Å². The number of aliphatic imine (C=N–C) groups is 1. The van der Waals surface area contributed by atoms with Crippen molar-refractivity contribution in [3.05, 3.63) is 54.1 Å². The summed E-state index contributed by atoms with van der Waals surface area (Å²) in [4.78, 5) is 6.89. The summed E-state index contributed by atoms with van der Waals surface area (Å²) < 4.78 is 11.2.